The minimum Gasteiger partial charge on any atom is -0.478 e. The van der Waals surface area contributed by atoms with E-state index in [1.807, 2.05) is 13.8 Å². The van der Waals surface area contributed by atoms with Crippen molar-refractivity contribution in [2.24, 2.45) is 0 Å². The summed E-state index contributed by atoms with van der Waals surface area (Å²) in [6, 6.07) is 2.70. The highest BCUT2D eigenvalue weighted by Gasteiger charge is 2.18. The smallest absolute Gasteiger partial charge is 0.335 e. The highest BCUT2D eigenvalue weighted by atomic mass is 35.5. The summed E-state index contributed by atoms with van der Waals surface area (Å²) < 4.78 is 0. The number of anilines is 1. The second-order valence-electron chi connectivity index (χ2n) is 4.35. The standard InChI is InChI=1S/C11H15ClN2O3/c1-11(2,3-4-15)14-9-6-7(10(16)17)5-8(12)13-9/h5-6,15H,3-4H2,1-2H3,(H,13,14)(H,16,17). The summed E-state index contributed by atoms with van der Waals surface area (Å²) >= 11 is 5.74. The van der Waals surface area contributed by atoms with E-state index in [0.29, 0.717) is 12.2 Å². The summed E-state index contributed by atoms with van der Waals surface area (Å²) in [5.41, 5.74) is -0.310. The van der Waals surface area contributed by atoms with Gasteiger partial charge >= 0.3 is 5.97 Å². The van der Waals surface area contributed by atoms with Gasteiger partial charge in [-0.3, -0.25) is 0 Å². The molecule has 0 radical (unpaired) electrons. The molecule has 0 atom stereocenters. The van der Waals surface area contributed by atoms with Crippen LogP contribution in [0.25, 0.3) is 0 Å². The van der Waals surface area contributed by atoms with E-state index >= 15 is 0 Å². The number of carbonyl (C=O) groups is 1. The molecule has 0 bridgehead atoms. The maximum atomic E-state index is 10.8. The number of carboxylic acids is 1. The lowest BCUT2D eigenvalue weighted by atomic mass is 10.0. The molecule has 17 heavy (non-hydrogen) atoms. The van der Waals surface area contributed by atoms with Crippen LogP contribution in [-0.4, -0.2) is 33.3 Å². The van der Waals surface area contributed by atoms with Crippen LogP contribution in [-0.2, 0) is 0 Å². The zero-order valence-corrected chi connectivity index (χ0v) is 10.5. The third-order valence-corrected chi connectivity index (χ3v) is 2.44. The lowest BCUT2D eigenvalue weighted by Crippen LogP contribution is -2.32. The Bertz CT molecular complexity index is 421. The molecule has 94 valence electrons. The molecule has 5 nitrogen and oxygen atoms in total. The van der Waals surface area contributed by atoms with Crippen LogP contribution >= 0.6 is 11.6 Å². The van der Waals surface area contributed by atoms with E-state index in [1.54, 1.807) is 0 Å². The first kappa shape index (κ1) is 13.7. The predicted molar refractivity (Wildman–Crippen MR) is 65.6 cm³/mol. The first-order valence-corrected chi connectivity index (χ1v) is 5.52. The summed E-state index contributed by atoms with van der Waals surface area (Å²) in [4.78, 5) is 14.8. The average Bonchev–Trinajstić information content (AvgIpc) is 2.15. The third-order valence-electron chi connectivity index (χ3n) is 2.24. The topological polar surface area (TPSA) is 82.5 Å². The molecule has 1 rings (SSSR count). The molecule has 0 amide bonds. The average molecular weight is 259 g/mol. The van der Waals surface area contributed by atoms with Gasteiger partial charge in [-0.25, -0.2) is 9.78 Å². The Labute approximate surface area is 104 Å². The number of aromatic nitrogens is 1. The molecule has 1 aromatic heterocycles. The van der Waals surface area contributed by atoms with Crippen LogP contribution in [0.4, 0.5) is 5.82 Å². The van der Waals surface area contributed by atoms with Gasteiger partial charge in [0.25, 0.3) is 0 Å². The highest BCUT2D eigenvalue weighted by Crippen LogP contribution is 2.20. The quantitative estimate of drug-likeness (QED) is 0.704. The largest absolute Gasteiger partial charge is 0.478 e. The summed E-state index contributed by atoms with van der Waals surface area (Å²) in [6.45, 7) is 3.80. The number of halogens is 1. The van der Waals surface area contributed by atoms with Crippen molar-refractivity contribution in [1.82, 2.24) is 4.98 Å². The highest BCUT2D eigenvalue weighted by molar-refractivity contribution is 6.29. The Hall–Kier alpha value is -1.33. The molecular weight excluding hydrogens is 244 g/mol. The number of nitrogens with zero attached hydrogens (tertiary/aromatic N) is 1. The summed E-state index contributed by atoms with van der Waals surface area (Å²) in [6.07, 6.45) is 0.517. The first-order chi connectivity index (χ1) is 7.84. The summed E-state index contributed by atoms with van der Waals surface area (Å²) in [5.74, 6) is -0.675. The van der Waals surface area contributed by atoms with Gasteiger partial charge < -0.3 is 15.5 Å². The lowest BCUT2D eigenvalue weighted by molar-refractivity contribution is 0.0696. The van der Waals surface area contributed by atoms with Crippen molar-refractivity contribution < 1.29 is 15.0 Å². The van der Waals surface area contributed by atoms with Crippen LogP contribution < -0.4 is 5.32 Å². The molecule has 0 aliphatic rings. The minimum atomic E-state index is -1.06. The molecule has 6 heteroatoms. The van der Waals surface area contributed by atoms with Gasteiger partial charge in [-0.15, -0.1) is 0 Å². The number of aromatic carboxylic acids is 1. The van der Waals surface area contributed by atoms with E-state index in [2.05, 4.69) is 10.3 Å². The van der Waals surface area contributed by atoms with Crippen molar-refractivity contribution in [3.8, 4) is 0 Å². The normalized spacial score (nSPS) is 11.3. The molecule has 0 aliphatic carbocycles. The number of carboxylic acid groups (broad SMARTS) is 1. The number of rotatable bonds is 5. The molecular formula is C11H15ClN2O3. The second-order valence-corrected chi connectivity index (χ2v) is 4.74. The molecule has 0 fully saturated rings. The maximum Gasteiger partial charge on any atom is 0.335 e. The van der Waals surface area contributed by atoms with Crippen LogP contribution in [0.2, 0.25) is 5.15 Å². The zero-order chi connectivity index (χ0) is 13.1. The van der Waals surface area contributed by atoms with Gasteiger partial charge in [0.1, 0.15) is 11.0 Å². The van der Waals surface area contributed by atoms with E-state index in [-0.39, 0.29) is 22.9 Å². The van der Waals surface area contributed by atoms with Gasteiger partial charge in [-0.05, 0) is 32.4 Å². The molecule has 0 saturated carbocycles. The number of hydrogen-bond donors (Lipinski definition) is 3. The zero-order valence-electron chi connectivity index (χ0n) is 9.70. The number of hydrogen-bond acceptors (Lipinski definition) is 4. The number of aliphatic hydroxyl groups is 1. The Morgan fingerprint density at radius 2 is 2.18 bits per heavy atom. The molecule has 0 saturated heterocycles. The SMILES string of the molecule is CC(C)(CCO)Nc1cc(C(=O)O)cc(Cl)n1. The van der Waals surface area contributed by atoms with Crippen molar-refractivity contribution in [3.63, 3.8) is 0 Å². The van der Waals surface area contributed by atoms with Gasteiger partial charge in [-0.1, -0.05) is 11.6 Å². The summed E-state index contributed by atoms with van der Waals surface area (Å²) in [5, 5.41) is 20.9. The maximum absolute atomic E-state index is 10.8. The van der Waals surface area contributed by atoms with Gasteiger partial charge in [0.05, 0.1) is 5.56 Å². The first-order valence-electron chi connectivity index (χ1n) is 5.14. The van der Waals surface area contributed by atoms with Crippen molar-refractivity contribution >= 4 is 23.4 Å². The summed E-state index contributed by atoms with van der Waals surface area (Å²) in [7, 11) is 0. The number of pyridine rings is 1. The molecule has 0 aromatic carbocycles. The van der Waals surface area contributed by atoms with Crippen molar-refractivity contribution in [2.45, 2.75) is 25.8 Å². The minimum absolute atomic E-state index is 0.0341. The Morgan fingerprint density at radius 3 is 2.71 bits per heavy atom. The van der Waals surface area contributed by atoms with E-state index in [1.165, 1.54) is 12.1 Å². The van der Waals surface area contributed by atoms with E-state index in [9.17, 15) is 4.79 Å². The Kier molecular flexibility index (Phi) is 4.31. The monoisotopic (exact) mass is 258 g/mol. The third kappa shape index (κ3) is 4.20. The second kappa shape index (κ2) is 5.33. The van der Waals surface area contributed by atoms with Crippen LogP contribution in [0.5, 0.6) is 0 Å². The van der Waals surface area contributed by atoms with Crippen LogP contribution in [0.15, 0.2) is 12.1 Å². The van der Waals surface area contributed by atoms with Crippen molar-refractivity contribution in [2.75, 3.05) is 11.9 Å². The van der Waals surface area contributed by atoms with Gasteiger partial charge in [-0.2, -0.15) is 0 Å². The molecule has 1 heterocycles. The fourth-order valence-electron chi connectivity index (χ4n) is 1.37. The van der Waals surface area contributed by atoms with E-state index in [0.717, 1.165) is 0 Å². The molecule has 0 unspecified atom stereocenters. The van der Waals surface area contributed by atoms with Crippen molar-refractivity contribution in [1.29, 1.82) is 0 Å². The van der Waals surface area contributed by atoms with Crippen LogP contribution in [0.3, 0.4) is 0 Å². The van der Waals surface area contributed by atoms with Gasteiger partial charge in [0.2, 0.25) is 0 Å². The van der Waals surface area contributed by atoms with Gasteiger partial charge in [0.15, 0.2) is 0 Å². The fraction of sp³-hybridized carbons (Fsp3) is 0.455. The predicted octanol–water partition coefficient (Wildman–Crippen LogP) is 2.01. The van der Waals surface area contributed by atoms with Crippen molar-refractivity contribution in [3.05, 3.63) is 22.8 Å². The molecule has 3 N–H and O–H groups in total. The molecule has 1 aromatic rings. The van der Waals surface area contributed by atoms with Crippen LogP contribution in [0, 0.1) is 0 Å². The van der Waals surface area contributed by atoms with Crippen LogP contribution in [0.1, 0.15) is 30.6 Å². The van der Waals surface area contributed by atoms with Gasteiger partial charge in [0, 0.05) is 12.1 Å². The number of aliphatic hydroxyl groups excluding tert-OH is 1. The Morgan fingerprint density at radius 1 is 1.53 bits per heavy atom. The van der Waals surface area contributed by atoms with E-state index < -0.39 is 5.97 Å². The van der Waals surface area contributed by atoms with E-state index in [4.69, 9.17) is 21.8 Å². The fourth-order valence-corrected chi connectivity index (χ4v) is 1.58. The Balaban J connectivity index is 2.95. The molecule has 0 spiro atoms. The number of nitrogens with one attached hydrogen (secondary N) is 1. The molecule has 0 aliphatic heterocycles. The lowest BCUT2D eigenvalue weighted by Gasteiger charge is -2.26.